The number of aliphatic hydroxyl groups excluding tert-OH is 1. The molecule has 1 heterocycles. The summed E-state index contributed by atoms with van der Waals surface area (Å²) in [7, 11) is 0. The van der Waals surface area contributed by atoms with Crippen LogP contribution in [-0.4, -0.2) is 17.6 Å². The van der Waals surface area contributed by atoms with E-state index in [1.54, 1.807) is 23.6 Å². The average molecular weight is 317 g/mol. The molecule has 1 aromatic carbocycles. The van der Waals surface area contributed by atoms with Crippen molar-refractivity contribution < 1.29 is 9.90 Å². The summed E-state index contributed by atoms with van der Waals surface area (Å²) in [4.78, 5) is 12.7. The number of nitriles is 1. The number of hydrogen-bond donors (Lipinski definition) is 2. The van der Waals surface area contributed by atoms with Crippen LogP contribution in [0, 0.1) is 23.2 Å². The molecule has 0 atom stereocenters. The van der Waals surface area contributed by atoms with E-state index in [-0.39, 0.29) is 12.5 Å². The average Bonchev–Trinajstić information content (AvgIpc) is 2.94. The van der Waals surface area contributed by atoms with Crippen LogP contribution in [0.2, 0.25) is 5.02 Å². The highest BCUT2D eigenvalue weighted by atomic mass is 35.5. The Labute approximate surface area is 130 Å². The van der Waals surface area contributed by atoms with Crippen molar-refractivity contribution in [2.24, 2.45) is 0 Å². The van der Waals surface area contributed by atoms with Gasteiger partial charge in [0.2, 0.25) is 0 Å². The fourth-order valence-corrected chi connectivity index (χ4v) is 2.53. The number of anilines is 1. The normalized spacial score (nSPS) is 9.38. The summed E-state index contributed by atoms with van der Waals surface area (Å²) in [5.74, 6) is 4.84. The Balaban J connectivity index is 2.29. The molecule has 0 aliphatic heterocycles. The van der Waals surface area contributed by atoms with E-state index < -0.39 is 0 Å². The van der Waals surface area contributed by atoms with Crippen LogP contribution in [-0.2, 0) is 0 Å². The number of carbonyl (C=O) groups is 1. The zero-order chi connectivity index (χ0) is 15.2. The van der Waals surface area contributed by atoms with Crippen molar-refractivity contribution in [3.8, 4) is 17.9 Å². The first kappa shape index (κ1) is 15.1. The quantitative estimate of drug-likeness (QED) is 0.837. The highest BCUT2D eigenvalue weighted by Crippen LogP contribution is 2.23. The molecule has 1 amide bonds. The first-order valence-corrected chi connectivity index (χ1v) is 7.09. The Kier molecular flexibility index (Phi) is 4.97. The molecule has 21 heavy (non-hydrogen) atoms. The van der Waals surface area contributed by atoms with Crippen molar-refractivity contribution in [1.29, 1.82) is 5.26 Å². The number of amides is 1. The summed E-state index contributed by atoms with van der Waals surface area (Å²) >= 11 is 7.11. The van der Waals surface area contributed by atoms with Crippen LogP contribution >= 0.6 is 22.9 Å². The van der Waals surface area contributed by atoms with Gasteiger partial charge in [-0.2, -0.15) is 5.26 Å². The molecule has 2 rings (SSSR count). The van der Waals surface area contributed by atoms with Gasteiger partial charge in [0.1, 0.15) is 17.6 Å². The monoisotopic (exact) mass is 316 g/mol. The van der Waals surface area contributed by atoms with E-state index in [1.807, 2.05) is 6.07 Å². The van der Waals surface area contributed by atoms with E-state index in [0.29, 0.717) is 26.7 Å². The molecule has 0 bridgehead atoms. The topological polar surface area (TPSA) is 73.1 Å². The van der Waals surface area contributed by atoms with Crippen LogP contribution in [0.25, 0.3) is 0 Å². The lowest BCUT2D eigenvalue weighted by molar-refractivity contribution is 0.103. The predicted molar refractivity (Wildman–Crippen MR) is 82.4 cm³/mol. The number of halogens is 1. The van der Waals surface area contributed by atoms with Crippen LogP contribution in [0.4, 0.5) is 5.69 Å². The summed E-state index contributed by atoms with van der Waals surface area (Å²) in [6.07, 6.45) is 0. The first-order valence-electron chi connectivity index (χ1n) is 5.84. The van der Waals surface area contributed by atoms with Crippen molar-refractivity contribution in [2.75, 3.05) is 11.9 Å². The van der Waals surface area contributed by atoms with Crippen LogP contribution in [0.1, 0.15) is 20.8 Å². The van der Waals surface area contributed by atoms with Gasteiger partial charge in [0.15, 0.2) is 0 Å². The molecule has 0 aliphatic carbocycles. The molecule has 0 fully saturated rings. The minimum absolute atomic E-state index is 0.274. The number of nitrogens with zero attached hydrogens (tertiary/aromatic N) is 1. The number of aliphatic hydroxyl groups is 1. The molecule has 6 heteroatoms. The molecule has 0 saturated heterocycles. The zero-order valence-electron chi connectivity index (χ0n) is 10.7. The Hall–Kier alpha value is -2.31. The van der Waals surface area contributed by atoms with Crippen LogP contribution in [0.5, 0.6) is 0 Å². The van der Waals surface area contributed by atoms with Crippen LogP contribution in [0.15, 0.2) is 29.6 Å². The van der Waals surface area contributed by atoms with Gasteiger partial charge in [-0.25, -0.2) is 0 Å². The maximum atomic E-state index is 12.3. The third kappa shape index (κ3) is 3.62. The third-order valence-electron chi connectivity index (χ3n) is 2.52. The third-order valence-corrected chi connectivity index (χ3v) is 3.67. The lowest BCUT2D eigenvalue weighted by atomic mass is 10.2. The Bertz CT molecular complexity index is 781. The highest BCUT2D eigenvalue weighted by Gasteiger charge is 2.14. The van der Waals surface area contributed by atoms with Crippen molar-refractivity contribution in [3.05, 3.63) is 50.7 Å². The summed E-state index contributed by atoms with van der Waals surface area (Å²) in [5, 5.41) is 22.6. The van der Waals surface area contributed by atoms with E-state index in [4.69, 9.17) is 22.0 Å². The van der Waals surface area contributed by atoms with Gasteiger partial charge in [0.05, 0.1) is 11.3 Å². The van der Waals surface area contributed by atoms with Crippen molar-refractivity contribution in [2.45, 2.75) is 0 Å². The van der Waals surface area contributed by atoms with Gasteiger partial charge in [-0.15, -0.1) is 11.3 Å². The summed E-state index contributed by atoms with van der Waals surface area (Å²) in [6.45, 7) is -0.274. The first-order chi connectivity index (χ1) is 10.2. The lowest BCUT2D eigenvalue weighted by Gasteiger charge is -2.06. The molecule has 0 saturated carbocycles. The Morgan fingerprint density at radius 1 is 1.38 bits per heavy atom. The van der Waals surface area contributed by atoms with Crippen molar-refractivity contribution >= 4 is 34.5 Å². The molecule has 1 aromatic heterocycles. The van der Waals surface area contributed by atoms with E-state index in [0.717, 1.165) is 0 Å². The standard InChI is InChI=1S/C15H9ClN2O2S/c16-12-4-3-11(9-17)13(8-12)18-15(20)14-10(2-1-6-19)5-7-21-14/h3-5,7-8,19H,6H2,(H,18,20). The molecule has 0 spiro atoms. The Morgan fingerprint density at radius 3 is 2.90 bits per heavy atom. The molecule has 0 unspecified atom stereocenters. The molecular formula is C15H9ClN2O2S. The van der Waals surface area contributed by atoms with Gasteiger partial charge in [0.25, 0.3) is 5.91 Å². The SMILES string of the molecule is N#Cc1ccc(Cl)cc1NC(=O)c1sccc1C#CCO. The summed E-state index contributed by atoms with van der Waals surface area (Å²) in [6, 6.07) is 8.33. The maximum Gasteiger partial charge on any atom is 0.267 e. The van der Waals surface area contributed by atoms with Gasteiger partial charge in [-0.05, 0) is 29.6 Å². The maximum absolute atomic E-state index is 12.3. The van der Waals surface area contributed by atoms with E-state index >= 15 is 0 Å². The van der Waals surface area contributed by atoms with E-state index in [9.17, 15) is 4.79 Å². The molecule has 0 aliphatic rings. The molecule has 0 radical (unpaired) electrons. The largest absolute Gasteiger partial charge is 0.384 e. The second kappa shape index (κ2) is 6.92. The second-order valence-corrected chi connectivity index (χ2v) is 5.23. The van der Waals surface area contributed by atoms with Crippen molar-refractivity contribution in [1.82, 2.24) is 0 Å². The molecule has 2 N–H and O–H groups in total. The van der Waals surface area contributed by atoms with Gasteiger partial charge >= 0.3 is 0 Å². The number of rotatable bonds is 2. The molecule has 104 valence electrons. The van der Waals surface area contributed by atoms with Gasteiger partial charge < -0.3 is 10.4 Å². The molecular weight excluding hydrogens is 308 g/mol. The minimum atomic E-state index is -0.369. The summed E-state index contributed by atoms with van der Waals surface area (Å²) in [5.41, 5.74) is 1.21. The second-order valence-electron chi connectivity index (χ2n) is 3.88. The molecule has 4 nitrogen and oxygen atoms in total. The van der Waals surface area contributed by atoms with E-state index in [1.165, 1.54) is 17.4 Å². The minimum Gasteiger partial charge on any atom is -0.384 e. The van der Waals surface area contributed by atoms with Crippen LogP contribution in [0.3, 0.4) is 0 Å². The fraction of sp³-hybridized carbons (Fsp3) is 0.0667. The van der Waals surface area contributed by atoms with Crippen molar-refractivity contribution in [3.63, 3.8) is 0 Å². The summed E-state index contributed by atoms with van der Waals surface area (Å²) < 4.78 is 0. The number of hydrogen-bond acceptors (Lipinski definition) is 4. The highest BCUT2D eigenvalue weighted by molar-refractivity contribution is 7.12. The number of thiophene rings is 1. The predicted octanol–water partition coefficient (Wildman–Crippen LogP) is 2.87. The van der Waals surface area contributed by atoms with Gasteiger partial charge in [0, 0.05) is 10.6 Å². The van der Waals surface area contributed by atoms with Crippen LogP contribution < -0.4 is 5.32 Å². The van der Waals surface area contributed by atoms with Gasteiger partial charge in [-0.1, -0.05) is 23.4 Å². The van der Waals surface area contributed by atoms with Gasteiger partial charge in [-0.3, -0.25) is 4.79 Å². The smallest absolute Gasteiger partial charge is 0.267 e. The lowest BCUT2D eigenvalue weighted by Crippen LogP contribution is -2.12. The number of benzene rings is 1. The number of nitrogens with one attached hydrogen (secondary N) is 1. The number of carbonyl (C=O) groups excluding carboxylic acids is 1. The zero-order valence-corrected chi connectivity index (χ0v) is 12.3. The molecule has 2 aromatic rings. The fourth-order valence-electron chi connectivity index (χ4n) is 1.61. The van der Waals surface area contributed by atoms with E-state index in [2.05, 4.69) is 17.2 Å². The Morgan fingerprint density at radius 2 is 2.19 bits per heavy atom.